The van der Waals surface area contributed by atoms with E-state index in [9.17, 15) is 18.7 Å². The number of benzene rings is 3. The molecule has 48 heavy (non-hydrogen) atoms. The molecule has 9 nitrogen and oxygen atoms in total. The number of rotatable bonds is 7. The molecule has 0 bridgehead atoms. The first kappa shape index (κ1) is 31.6. The molecule has 3 fully saturated rings. The molecular weight excluding hydrogens is 628 g/mol. The van der Waals surface area contributed by atoms with Crippen LogP contribution in [0.2, 0.25) is 0 Å². The number of piperazine rings is 1. The highest BCUT2D eigenvalue weighted by molar-refractivity contribution is 6.01. The quantitative estimate of drug-likeness (QED) is 0.152. The average Bonchev–Trinajstić information content (AvgIpc) is 3.55. The highest BCUT2D eigenvalue weighted by Gasteiger charge is 2.57. The fourth-order valence-electron chi connectivity index (χ4n) is 7.61. The van der Waals surface area contributed by atoms with Gasteiger partial charge in [0.05, 0.1) is 12.1 Å². The molecule has 0 saturated carbocycles. The molecule has 1 N–H and O–H groups in total. The van der Waals surface area contributed by atoms with E-state index in [1.165, 1.54) is 36.4 Å². The second-order valence-corrected chi connectivity index (χ2v) is 12.7. The van der Waals surface area contributed by atoms with Crippen LogP contribution in [0.5, 0.6) is 11.8 Å². The Morgan fingerprint density at radius 1 is 1.15 bits per heavy atom. The van der Waals surface area contributed by atoms with Crippen molar-refractivity contribution in [1.29, 1.82) is 0 Å². The molecule has 0 spiro atoms. The summed E-state index contributed by atoms with van der Waals surface area (Å²) < 4.78 is 67.0. The third-order valence-electron chi connectivity index (χ3n) is 9.73. The zero-order valence-corrected chi connectivity index (χ0v) is 25.9. The van der Waals surface area contributed by atoms with Crippen molar-refractivity contribution >= 4 is 33.4 Å². The van der Waals surface area contributed by atoms with Crippen LogP contribution in [0.15, 0.2) is 55.1 Å². The molecular formula is C35H32F4N6O3. The summed E-state index contributed by atoms with van der Waals surface area (Å²) >= 11 is 0. The number of halogens is 4. The Labute approximate surface area is 273 Å². The fourth-order valence-corrected chi connectivity index (χ4v) is 7.61. The predicted octanol–water partition coefficient (Wildman–Crippen LogP) is 5.81. The number of nitrogens with zero attached hydrogens (tertiary/aromatic N) is 6. The number of ether oxygens (including phenoxy) is 1. The molecule has 3 aromatic carbocycles. The van der Waals surface area contributed by atoms with Gasteiger partial charge in [-0.1, -0.05) is 24.8 Å². The van der Waals surface area contributed by atoms with Gasteiger partial charge in [0, 0.05) is 42.4 Å². The number of aromatic hydroxyl groups is 1. The lowest BCUT2D eigenvalue weighted by Gasteiger charge is -2.39. The Morgan fingerprint density at radius 2 is 1.98 bits per heavy atom. The maximum atomic E-state index is 16.8. The molecule has 0 aliphatic carbocycles. The molecule has 0 unspecified atom stereocenters. The van der Waals surface area contributed by atoms with Gasteiger partial charge in [0.2, 0.25) is 12.5 Å². The van der Waals surface area contributed by atoms with Gasteiger partial charge in [0.25, 0.3) is 5.92 Å². The summed E-state index contributed by atoms with van der Waals surface area (Å²) in [6, 6.07) is 9.38. The van der Waals surface area contributed by atoms with Gasteiger partial charge in [0.1, 0.15) is 35.6 Å². The lowest BCUT2D eigenvalue weighted by atomic mass is 9.94. The van der Waals surface area contributed by atoms with Gasteiger partial charge in [0.15, 0.2) is 5.82 Å². The first-order valence-electron chi connectivity index (χ1n) is 15.7. The third kappa shape index (κ3) is 5.43. The number of phenols is 1. The number of alkyl halides is 2. The number of phenolic OH excluding ortho intramolecular Hbond substituents is 1. The Bertz CT molecular complexity index is 2000. The summed E-state index contributed by atoms with van der Waals surface area (Å²) in [6.07, 6.45) is 2.08. The number of carbonyl (C=O) groups excluding carboxylic acids is 1. The van der Waals surface area contributed by atoms with Crippen molar-refractivity contribution in [3.05, 3.63) is 78.2 Å². The van der Waals surface area contributed by atoms with Crippen LogP contribution < -0.4 is 9.64 Å². The maximum Gasteiger partial charge on any atom is 0.319 e. The minimum atomic E-state index is -2.86. The molecule has 3 aliphatic heterocycles. The van der Waals surface area contributed by atoms with E-state index in [1.54, 1.807) is 21.9 Å². The number of hydrogen-bond acceptors (Lipinski definition) is 7. The number of amides is 1. The van der Waals surface area contributed by atoms with E-state index >= 15 is 8.78 Å². The SMILES string of the molecule is [C-]#[N+]C[C@H]1CN(c2nc(OC[C@@]34CCCN3CC(F)(F)C4)nc3c(F)c(-c4cc(O)cc5cccc(F)c45)ccc23)CCN1C(=O)C=C. The summed E-state index contributed by atoms with van der Waals surface area (Å²) in [5.74, 6) is -4.48. The van der Waals surface area contributed by atoms with Crippen LogP contribution in [0.25, 0.3) is 37.6 Å². The molecule has 1 amide bonds. The monoisotopic (exact) mass is 660 g/mol. The van der Waals surface area contributed by atoms with Crippen molar-refractivity contribution < 1.29 is 32.2 Å². The molecule has 3 saturated heterocycles. The Balaban J connectivity index is 1.34. The maximum absolute atomic E-state index is 16.8. The van der Waals surface area contributed by atoms with Crippen molar-refractivity contribution in [2.24, 2.45) is 0 Å². The lowest BCUT2D eigenvalue weighted by molar-refractivity contribution is -0.128. The summed E-state index contributed by atoms with van der Waals surface area (Å²) in [5, 5.41) is 11.2. The lowest BCUT2D eigenvalue weighted by Crippen LogP contribution is -2.56. The number of aromatic nitrogens is 2. The molecule has 248 valence electrons. The molecule has 2 atom stereocenters. The van der Waals surface area contributed by atoms with E-state index in [-0.39, 0.29) is 91.3 Å². The van der Waals surface area contributed by atoms with E-state index in [0.29, 0.717) is 23.7 Å². The zero-order valence-electron chi connectivity index (χ0n) is 25.9. The van der Waals surface area contributed by atoms with Crippen LogP contribution in [-0.4, -0.2) is 94.2 Å². The first-order chi connectivity index (χ1) is 23.0. The first-order valence-corrected chi connectivity index (χ1v) is 15.7. The van der Waals surface area contributed by atoms with E-state index < -0.39 is 29.1 Å². The standard InChI is InChI=1S/C35H32F4N6O3/c1-3-28(47)45-13-12-43(17-22(45)16-40-2)32-25-9-8-24(26-15-23(46)14-21-6-4-7-27(36)29(21)26)30(37)31(25)41-33(42-32)48-20-34-10-5-11-44(34)19-35(38,39)18-34/h3-4,6-9,14-15,22,46H,1,5,10-13,16-20H2/t22-,34-/m0/s1. The van der Waals surface area contributed by atoms with Gasteiger partial charge in [-0.25, -0.2) is 24.1 Å². The normalized spacial score (nSPS) is 22.2. The highest BCUT2D eigenvalue weighted by Crippen LogP contribution is 2.46. The topological polar surface area (TPSA) is 86.4 Å². The van der Waals surface area contributed by atoms with Crippen LogP contribution >= 0.6 is 0 Å². The number of fused-ring (bicyclic) bond motifs is 3. The summed E-state index contributed by atoms with van der Waals surface area (Å²) in [6.45, 7) is 11.8. The van der Waals surface area contributed by atoms with Crippen molar-refractivity contribution in [2.45, 2.75) is 36.8 Å². The minimum Gasteiger partial charge on any atom is -0.508 e. The summed E-state index contributed by atoms with van der Waals surface area (Å²) in [4.78, 5) is 30.3. The average molecular weight is 661 g/mol. The molecule has 0 radical (unpaired) electrons. The Hall–Kier alpha value is -4.96. The van der Waals surface area contributed by atoms with Crippen molar-refractivity contribution in [2.75, 3.05) is 50.8 Å². The predicted molar refractivity (Wildman–Crippen MR) is 172 cm³/mol. The van der Waals surface area contributed by atoms with E-state index in [0.717, 1.165) is 6.42 Å². The fraction of sp³-hybridized carbons (Fsp3) is 0.371. The van der Waals surface area contributed by atoms with Crippen molar-refractivity contribution in [3.63, 3.8) is 0 Å². The van der Waals surface area contributed by atoms with E-state index in [2.05, 4.69) is 21.4 Å². The third-order valence-corrected chi connectivity index (χ3v) is 9.73. The van der Waals surface area contributed by atoms with Crippen LogP contribution in [0.1, 0.15) is 19.3 Å². The van der Waals surface area contributed by atoms with E-state index in [1.807, 2.05) is 4.90 Å². The zero-order chi connectivity index (χ0) is 33.8. The summed E-state index contributed by atoms with van der Waals surface area (Å²) in [5.41, 5.74) is -0.957. The van der Waals surface area contributed by atoms with Gasteiger partial charge < -0.3 is 24.5 Å². The Kier molecular flexibility index (Phi) is 7.86. The van der Waals surface area contributed by atoms with Gasteiger partial charge in [-0.2, -0.15) is 9.97 Å². The van der Waals surface area contributed by atoms with Crippen LogP contribution in [0, 0.1) is 18.2 Å². The molecule has 3 aliphatic rings. The number of carbonyl (C=O) groups is 1. The number of anilines is 1. The van der Waals surface area contributed by atoms with Gasteiger partial charge in [-0.05, 0) is 60.7 Å². The largest absolute Gasteiger partial charge is 0.508 e. The molecule has 1 aromatic heterocycles. The van der Waals surface area contributed by atoms with Crippen LogP contribution in [0.3, 0.4) is 0 Å². The molecule has 13 heteroatoms. The smallest absolute Gasteiger partial charge is 0.319 e. The van der Waals surface area contributed by atoms with Crippen LogP contribution in [-0.2, 0) is 4.79 Å². The van der Waals surface area contributed by atoms with Crippen molar-refractivity contribution in [3.8, 4) is 22.9 Å². The minimum absolute atomic E-state index is 0.0175. The van der Waals surface area contributed by atoms with Gasteiger partial charge >= 0.3 is 6.01 Å². The summed E-state index contributed by atoms with van der Waals surface area (Å²) in [7, 11) is 0. The van der Waals surface area contributed by atoms with Crippen molar-refractivity contribution in [1.82, 2.24) is 19.8 Å². The second-order valence-electron chi connectivity index (χ2n) is 12.7. The number of hydrogen-bond donors (Lipinski definition) is 1. The van der Waals surface area contributed by atoms with Gasteiger partial charge in [-0.3, -0.25) is 9.69 Å². The van der Waals surface area contributed by atoms with Gasteiger partial charge in [-0.15, -0.1) is 0 Å². The molecule has 4 aromatic rings. The molecule has 4 heterocycles. The second kappa shape index (κ2) is 11.9. The Morgan fingerprint density at radius 3 is 2.77 bits per heavy atom. The van der Waals surface area contributed by atoms with Crippen LogP contribution in [0.4, 0.5) is 23.4 Å². The van der Waals surface area contributed by atoms with E-state index in [4.69, 9.17) is 11.3 Å². The highest BCUT2D eigenvalue weighted by atomic mass is 19.3. The molecule has 7 rings (SSSR count).